The van der Waals surface area contributed by atoms with E-state index in [1.54, 1.807) is 0 Å². The summed E-state index contributed by atoms with van der Waals surface area (Å²) in [6, 6.07) is 8.71. The minimum atomic E-state index is 0.487. The van der Waals surface area contributed by atoms with Crippen LogP contribution in [-0.4, -0.2) is 27.6 Å². The van der Waals surface area contributed by atoms with Gasteiger partial charge in [-0.15, -0.1) is 0 Å². The zero-order valence-electron chi connectivity index (χ0n) is 10.6. The number of thioether (sulfide) groups is 1. The maximum absolute atomic E-state index is 4.62. The summed E-state index contributed by atoms with van der Waals surface area (Å²) in [5.74, 6) is 2.08. The Kier molecular flexibility index (Phi) is 3.94. The number of benzene rings is 1. The summed E-state index contributed by atoms with van der Waals surface area (Å²) >= 11 is 1.87. The molecular formula is C13H19N3S. The summed E-state index contributed by atoms with van der Waals surface area (Å²) < 4.78 is 2.12. The summed E-state index contributed by atoms with van der Waals surface area (Å²) in [4.78, 5) is 4.62. The molecule has 0 spiro atoms. The third-order valence-corrected chi connectivity index (χ3v) is 3.72. The second-order valence-electron chi connectivity index (χ2n) is 4.19. The minimum absolute atomic E-state index is 0.487. The van der Waals surface area contributed by atoms with Gasteiger partial charge in [0.05, 0.1) is 11.0 Å². The third-order valence-electron chi connectivity index (χ3n) is 2.98. The second-order valence-corrected chi connectivity index (χ2v) is 5.10. The lowest BCUT2D eigenvalue weighted by molar-refractivity contribution is 0.753. The van der Waals surface area contributed by atoms with Crippen molar-refractivity contribution in [2.45, 2.75) is 19.4 Å². The van der Waals surface area contributed by atoms with Crippen LogP contribution in [0.25, 0.3) is 11.0 Å². The van der Waals surface area contributed by atoms with Crippen LogP contribution in [0.2, 0.25) is 0 Å². The van der Waals surface area contributed by atoms with Crippen LogP contribution in [0.3, 0.4) is 0 Å². The largest absolute Gasteiger partial charge is 0.352 e. The molecule has 1 heterocycles. The zero-order chi connectivity index (χ0) is 12.3. The molecule has 1 unspecified atom stereocenters. The van der Waals surface area contributed by atoms with Crippen LogP contribution in [0.1, 0.15) is 13.3 Å². The summed E-state index contributed by atoms with van der Waals surface area (Å²) in [7, 11) is 2.06. The molecule has 0 saturated heterocycles. The Hall–Kier alpha value is -1.16. The van der Waals surface area contributed by atoms with Gasteiger partial charge in [0.15, 0.2) is 0 Å². The fourth-order valence-corrected chi connectivity index (χ4v) is 2.64. The van der Waals surface area contributed by atoms with Crippen molar-refractivity contribution in [2.24, 2.45) is 7.05 Å². The van der Waals surface area contributed by atoms with Crippen molar-refractivity contribution in [3.8, 4) is 0 Å². The molecule has 3 nitrogen and oxygen atoms in total. The fourth-order valence-electron chi connectivity index (χ4n) is 1.92. The van der Waals surface area contributed by atoms with Crippen LogP contribution in [0.5, 0.6) is 0 Å². The molecule has 0 aliphatic rings. The van der Waals surface area contributed by atoms with Crippen molar-refractivity contribution < 1.29 is 0 Å². The summed E-state index contributed by atoms with van der Waals surface area (Å²) in [6.45, 7) is 2.20. The normalized spacial score (nSPS) is 12.9. The maximum atomic E-state index is 4.62. The lowest BCUT2D eigenvalue weighted by Crippen LogP contribution is -2.23. The average Bonchev–Trinajstić information content (AvgIpc) is 2.66. The Labute approximate surface area is 107 Å². The molecule has 0 aliphatic carbocycles. The monoisotopic (exact) mass is 249 g/mol. The number of nitrogens with zero attached hydrogens (tertiary/aromatic N) is 2. The molecular weight excluding hydrogens is 230 g/mol. The van der Waals surface area contributed by atoms with Crippen LogP contribution in [0.4, 0.5) is 5.95 Å². The topological polar surface area (TPSA) is 29.9 Å². The number of nitrogens with one attached hydrogen (secondary N) is 1. The van der Waals surface area contributed by atoms with Gasteiger partial charge in [-0.1, -0.05) is 19.1 Å². The van der Waals surface area contributed by atoms with Gasteiger partial charge in [-0.3, -0.25) is 0 Å². The summed E-state index contributed by atoms with van der Waals surface area (Å²) in [5, 5.41) is 3.52. The number of aryl methyl sites for hydroxylation is 1. The molecule has 1 aromatic carbocycles. The van der Waals surface area contributed by atoms with E-state index in [2.05, 4.69) is 47.2 Å². The number of hydrogen-bond donors (Lipinski definition) is 1. The second kappa shape index (κ2) is 5.45. The van der Waals surface area contributed by atoms with Gasteiger partial charge < -0.3 is 9.88 Å². The summed E-state index contributed by atoms with van der Waals surface area (Å²) in [6.07, 6.45) is 3.25. The van der Waals surface area contributed by atoms with Gasteiger partial charge in [-0.05, 0) is 24.8 Å². The van der Waals surface area contributed by atoms with Crippen LogP contribution in [-0.2, 0) is 7.05 Å². The molecule has 0 bridgehead atoms. The number of hydrogen-bond acceptors (Lipinski definition) is 3. The van der Waals surface area contributed by atoms with Crippen LogP contribution < -0.4 is 5.32 Å². The first-order valence-electron chi connectivity index (χ1n) is 5.93. The van der Waals surface area contributed by atoms with E-state index in [-0.39, 0.29) is 0 Å². The molecule has 0 radical (unpaired) electrons. The van der Waals surface area contributed by atoms with Crippen molar-refractivity contribution >= 4 is 28.7 Å². The lowest BCUT2D eigenvalue weighted by atomic mass is 10.3. The van der Waals surface area contributed by atoms with E-state index in [0.29, 0.717) is 6.04 Å². The van der Waals surface area contributed by atoms with E-state index < -0.39 is 0 Å². The first kappa shape index (κ1) is 12.3. The zero-order valence-corrected chi connectivity index (χ0v) is 11.4. The first-order valence-corrected chi connectivity index (χ1v) is 7.32. The molecule has 0 aliphatic heterocycles. The average molecular weight is 249 g/mol. The standard InChI is InChI=1S/C13H19N3S/c1-4-10(9-17-3)14-13-15-11-7-5-6-8-12(11)16(13)2/h5-8,10H,4,9H2,1-3H3,(H,14,15). The van der Waals surface area contributed by atoms with E-state index in [1.165, 1.54) is 5.52 Å². The molecule has 1 N–H and O–H groups in total. The lowest BCUT2D eigenvalue weighted by Gasteiger charge is -2.16. The van der Waals surface area contributed by atoms with Gasteiger partial charge >= 0.3 is 0 Å². The van der Waals surface area contributed by atoms with E-state index in [1.807, 2.05) is 23.9 Å². The van der Waals surface area contributed by atoms with Crippen molar-refractivity contribution in [1.29, 1.82) is 0 Å². The molecule has 17 heavy (non-hydrogen) atoms. The van der Waals surface area contributed by atoms with E-state index in [9.17, 15) is 0 Å². The Balaban J connectivity index is 2.26. The molecule has 0 amide bonds. The molecule has 2 rings (SSSR count). The van der Waals surface area contributed by atoms with Gasteiger partial charge in [0.2, 0.25) is 5.95 Å². The molecule has 1 aromatic heterocycles. The highest BCUT2D eigenvalue weighted by Crippen LogP contribution is 2.19. The fraction of sp³-hybridized carbons (Fsp3) is 0.462. The van der Waals surface area contributed by atoms with Crippen LogP contribution in [0.15, 0.2) is 24.3 Å². The molecule has 0 fully saturated rings. The van der Waals surface area contributed by atoms with E-state index in [4.69, 9.17) is 0 Å². The molecule has 4 heteroatoms. The quantitative estimate of drug-likeness (QED) is 0.883. The first-order chi connectivity index (χ1) is 8.26. The van der Waals surface area contributed by atoms with E-state index in [0.717, 1.165) is 23.6 Å². The number of anilines is 1. The Bertz CT molecular complexity index is 492. The molecule has 2 aromatic rings. The predicted octanol–water partition coefficient (Wildman–Crippen LogP) is 3.13. The number of fused-ring (bicyclic) bond motifs is 1. The Morgan fingerprint density at radius 2 is 2.18 bits per heavy atom. The van der Waals surface area contributed by atoms with Crippen molar-refractivity contribution in [3.63, 3.8) is 0 Å². The Morgan fingerprint density at radius 1 is 1.41 bits per heavy atom. The van der Waals surface area contributed by atoms with Crippen molar-refractivity contribution in [1.82, 2.24) is 9.55 Å². The van der Waals surface area contributed by atoms with Crippen LogP contribution >= 0.6 is 11.8 Å². The van der Waals surface area contributed by atoms with Crippen LogP contribution in [0, 0.1) is 0 Å². The van der Waals surface area contributed by atoms with Crippen molar-refractivity contribution in [3.05, 3.63) is 24.3 Å². The highest BCUT2D eigenvalue weighted by atomic mass is 32.2. The highest BCUT2D eigenvalue weighted by Gasteiger charge is 2.11. The van der Waals surface area contributed by atoms with Gasteiger partial charge in [-0.25, -0.2) is 4.98 Å². The van der Waals surface area contributed by atoms with Gasteiger partial charge in [0.1, 0.15) is 0 Å². The number of aromatic nitrogens is 2. The number of imidazole rings is 1. The van der Waals surface area contributed by atoms with Gasteiger partial charge in [0.25, 0.3) is 0 Å². The van der Waals surface area contributed by atoms with E-state index >= 15 is 0 Å². The smallest absolute Gasteiger partial charge is 0.203 e. The third kappa shape index (κ3) is 2.57. The minimum Gasteiger partial charge on any atom is -0.352 e. The molecule has 92 valence electrons. The van der Waals surface area contributed by atoms with Crippen molar-refractivity contribution in [2.75, 3.05) is 17.3 Å². The number of para-hydroxylation sites is 2. The number of rotatable bonds is 5. The van der Waals surface area contributed by atoms with Gasteiger partial charge in [-0.2, -0.15) is 11.8 Å². The summed E-state index contributed by atoms with van der Waals surface area (Å²) in [5.41, 5.74) is 2.23. The predicted molar refractivity (Wildman–Crippen MR) is 76.8 cm³/mol. The molecule has 0 saturated carbocycles. The van der Waals surface area contributed by atoms with Gasteiger partial charge in [0, 0.05) is 18.8 Å². The Morgan fingerprint density at radius 3 is 2.82 bits per heavy atom. The maximum Gasteiger partial charge on any atom is 0.203 e. The SMILES string of the molecule is CCC(CSC)Nc1nc2ccccc2n1C. The highest BCUT2D eigenvalue weighted by molar-refractivity contribution is 7.98. The molecule has 1 atom stereocenters.